The van der Waals surface area contributed by atoms with E-state index in [0.717, 1.165) is 16.9 Å². The van der Waals surface area contributed by atoms with E-state index in [4.69, 9.17) is 9.47 Å². The minimum absolute atomic E-state index is 0.122. The summed E-state index contributed by atoms with van der Waals surface area (Å²) in [5, 5.41) is 14.3. The Morgan fingerprint density at radius 1 is 1.03 bits per heavy atom. The normalized spacial score (nSPS) is 15.8. The molecule has 0 bridgehead atoms. The molecule has 1 aliphatic heterocycles. The molecule has 0 radical (unpaired) electrons. The first-order chi connectivity index (χ1) is 17.6. The molecule has 0 saturated heterocycles. The first-order valence-electron chi connectivity index (χ1n) is 11.5. The third-order valence-corrected chi connectivity index (χ3v) is 7.92. The Balaban J connectivity index is 1.21. The summed E-state index contributed by atoms with van der Waals surface area (Å²) >= 11 is 0.130. The molecule has 1 amide bonds. The molecule has 0 fully saturated rings. The maximum absolute atomic E-state index is 12.3. The first-order valence-corrected chi connectivity index (χ1v) is 13.4. The van der Waals surface area contributed by atoms with Crippen molar-refractivity contribution in [3.05, 3.63) is 102 Å². The van der Waals surface area contributed by atoms with Crippen molar-refractivity contribution in [2.45, 2.75) is 31.5 Å². The second kappa shape index (κ2) is 10.8. The fourth-order valence-electron chi connectivity index (χ4n) is 3.71. The van der Waals surface area contributed by atoms with Crippen LogP contribution < -0.4 is 9.20 Å². The molecule has 3 aromatic carbocycles. The van der Waals surface area contributed by atoms with Crippen LogP contribution in [0.1, 0.15) is 25.1 Å². The number of hydrogen-bond donors (Lipinski definition) is 0. The van der Waals surface area contributed by atoms with E-state index in [1.165, 1.54) is 16.4 Å². The molecule has 0 saturated carbocycles. The van der Waals surface area contributed by atoms with Crippen LogP contribution in [0, 0.1) is 0 Å². The van der Waals surface area contributed by atoms with E-state index in [-0.39, 0.29) is 25.7 Å². The van der Waals surface area contributed by atoms with Crippen molar-refractivity contribution in [1.29, 1.82) is 0 Å². The minimum atomic E-state index is -0.430. The van der Waals surface area contributed by atoms with Gasteiger partial charge in [0.15, 0.2) is 0 Å². The number of nitrogens with zero attached hydrogens (tertiary/aromatic N) is 5. The van der Waals surface area contributed by atoms with Crippen LogP contribution in [0.2, 0.25) is 4.82 Å². The number of ether oxygens (including phenoxy) is 2. The van der Waals surface area contributed by atoms with Gasteiger partial charge in [-0.15, -0.1) is 0 Å². The van der Waals surface area contributed by atoms with Crippen LogP contribution in [0.15, 0.2) is 96.2 Å². The summed E-state index contributed by atoms with van der Waals surface area (Å²) in [5.41, 5.74) is 2.45. The summed E-state index contributed by atoms with van der Waals surface area (Å²) in [6.07, 6.45) is 1.42. The van der Waals surface area contributed by atoms with Gasteiger partial charge in [0.25, 0.3) is 0 Å². The summed E-state index contributed by atoms with van der Waals surface area (Å²) < 4.78 is 15.0. The standard InChI is InChI=1S/C27H25N5O3Se/c1-19(36-25-11-7-4-8-12-25)27-32(20(2)33)29-26(35-27)21-13-15-24(16-14-21)34-18-22-17-31(30-28-22)23-9-5-3-6-10-23/h3-17,19,27H,18H2,1-2H3. The van der Waals surface area contributed by atoms with Gasteiger partial charge in [0.1, 0.15) is 0 Å². The van der Waals surface area contributed by atoms with Crippen LogP contribution >= 0.6 is 0 Å². The molecule has 2 heterocycles. The SMILES string of the molecule is CC(=O)N1N=C(c2ccc(OCc3cn(-c4ccccc4)nn3)cc2)OC1C(C)[Se]c1ccccc1. The van der Waals surface area contributed by atoms with E-state index >= 15 is 0 Å². The number of aromatic nitrogens is 3. The van der Waals surface area contributed by atoms with Crippen LogP contribution in [0.4, 0.5) is 0 Å². The van der Waals surface area contributed by atoms with E-state index in [1.54, 1.807) is 4.68 Å². The molecule has 4 aromatic rings. The van der Waals surface area contributed by atoms with Crippen molar-refractivity contribution >= 4 is 31.2 Å². The van der Waals surface area contributed by atoms with Gasteiger partial charge in [-0.3, -0.25) is 0 Å². The number of rotatable bonds is 8. The number of amides is 1. The zero-order chi connectivity index (χ0) is 24.9. The Labute approximate surface area is 215 Å². The van der Waals surface area contributed by atoms with Gasteiger partial charge < -0.3 is 0 Å². The zero-order valence-electron chi connectivity index (χ0n) is 19.9. The summed E-state index contributed by atoms with van der Waals surface area (Å²) in [7, 11) is 0. The van der Waals surface area contributed by atoms with Crippen LogP contribution in [-0.4, -0.2) is 53.0 Å². The number of carbonyl (C=O) groups excluding carboxylic acids is 1. The Hall–Kier alpha value is -3.94. The number of benzene rings is 3. The zero-order valence-corrected chi connectivity index (χ0v) is 21.6. The molecule has 36 heavy (non-hydrogen) atoms. The van der Waals surface area contributed by atoms with Crippen LogP contribution in [-0.2, 0) is 16.1 Å². The quantitative estimate of drug-likeness (QED) is 0.316. The van der Waals surface area contributed by atoms with Crippen molar-refractivity contribution in [3.8, 4) is 11.4 Å². The van der Waals surface area contributed by atoms with Gasteiger partial charge >= 0.3 is 170 Å². The number of carbonyl (C=O) groups is 1. The fourth-order valence-corrected chi connectivity index (χ4v) is 5.87. The Kier molecular flexibility index (Phi) is 7.11. The number of hydrogen-bond acceptors (Lipinski definition) is 6. The van der Waals surface area contributed by atoms with Crippen molar-refractivity contribution in [2.24, 2.45) is 5.10 Å². The van der Waals surface area contributed by atoms with E-state index in [1.807, 2.05) is 79.0 Å². The second-order valence-corrected chi connectivity index (χ2v) is 11.3. The summed E-state index contributed by atoms with van der Waals surface area (Å²) in [6.45, 7) is 3.90. The van der Waals surface area contributed by atoms with Gasteiger partial charge in [0, 0.05) is 0 Å². The number of hydrazone groups is 1. The second-order valence-electron chi connectivity index (χ2n) is 8.22. The molecular formula is C27H25N5O3Se. The predicted octanol–water partition coefficient (Wildman–Crippen LogP) is 3.55. The molecule has 8 nitrogen and oxygen atoms in total. The average Bonchev–Trinajstić information content (AvgIpc) is 3.57. The molecule has 2 unspecified atom stereocenters. The van der Waals surface area contributed by atoms with Crippen molar-refractivity contribution in [2.75, 3.05) is 0 Å². The first kappa shape index (κ1) is 23.8. The molecule has 0 N–H and O–H groups in total. The monoisotopic (exact) mass is 547 g/mol. The maximum atomic E-state index is 12.3. The average molecular weight is 546 g/mol. The fraction of sp³-hybridized carbons (Fsp3) is 0.185. The van der Waals surface area contributed by atoms with Crippen LogP contribution in [0.3, 0.4) is 0 Å². The topological polar surface area (TPSA) is 81.8 Å². The van der Waals surface area contributed by atoms with Gasteiger partial charge in [-0.25, -0.2) is 4.68 Å². The van der Waals surface area contributed by atoms with Gasteiger partial charge in [0.2, 0.25) is 0 Å². The van der Waals surface area contributed by atoms with Crippen molar-refractivity contribution in [1.82, 2.24) is 20.0 Å². The third kappa shape index (κ3) is 5.48. The van der Waals surface area contributed by atoms with E-state index in [2.05, 4.69) is 34.5 Å². The molecule has 1 aliphatic rings. The van der Waals surface area contributed by atoms with Crippen LogP contribution in [0.5, 0.6) is 5.75 Å². The Morgan fingerprint density at radius 2 is 1.72 bits per heavy atom. The molecule has 2 atom stereocenters. The summed E-state index contributed by atoms with van der Waals surface area (Å²) in [5.74, 6) is 0.977. The molecule has 0 aliphatic carbocycles. The molecule has 5 rings (SSSR count). The van der Waals surface area contributed by atoms with Gasteiger partial charge in [-0.1, -0.05) is 23.4 Å². The van der Waals surface area contributed by atoms with E-state index in [0.29, 0.717) is 18.3 Å². The van der Waals surface area contributed by atoms with E-state index in [9.17, 15) is 4.79 Å². The molecular weight excluding hydrogens is 521 g/mol. The summed E-state index contributed by atoms with van der Waals surface area (Å²) in [6, 6.07) is 27.5. The molecule has 9 heteroatoms. The Bertz CT molecular complexity index is 1340. The van der Waals surface area contributed by atoms with Gasteiger partial charge in [0.05, 0.1) is 5.69 Å². The van der Waals surface area contributed by atoms with E-state index < -0.39 is 6.23 Å². The molecule has 182 valence electrons. The van der Waals surface area contributed by atoms with Crippen molar-refractivity contribution in [3.63, 3.8) is 0 Å². The van der Waals surface area contributed by atoms with Crippen LogP contribution in [0.25, 0.3) is 5.69 Å². The molecule has 1 aromatic heterocycles. The number of para-hydroxylation sites is 1. The predicted molar refractivity (Wildman–Crippen MR) is 137 cm³/mol. The van der Waals surface area contributed by atoms with Crippen molar-refractivity contribution < 1.29 is 14.3 Å². The summed E-state index contributed by atoms with van der Waals surface area (Å²) in [4.78, 5) is 12.4. The third-order valence-electron chi connectivity index (χ3n) is 5.51. The van der Waals surface area contributed by atoms with Gasteiger partial charge in [-0.2, -0.15) is 0 Å². The molecule has 0 spiro atoms. The van der Waals surface area contributed by atoms with Gasteiger partial charge in [-0.05, 0) is 12.1 Å². The Morgan fingerprint density at radius 3 is 2.42 bits per heavy atom.